The molecule has 0 unspecified atom stereocenters. The molecule has 3 aromatic carbocycles. The van der Waals surface area contributed by atoms with Crippen molar-refractivity contribution < 1.29 is 48.9 Å². The molecule has 0 saturated carbocycles. The van der Waals surface area contributed by atoms with E-state index in [-0.39, 0.29) is 103 Å². The van der Waals surface area contributed by atoms with E-state index in [2.05, 4.69) is 57.3 Å². The fourth-order valence-electron chi connectivity index (χ4n) is 4.51. The Labute approximate surface area is 332 Å². The second kappa shape index (κ2) is 22.8. The monoisotopic (exact) mass is 914 g/mol. The van der Waals surface area contributed by atoms with Crippen molar-refractivity contribution in [1.82, 2.24) is 0 Å². The molecule has 2 N–H and O–H groups in total. The van der Waals surface area contributed by atoms with Crippen LogP contribution in [0.15, 0.2) is 70.8 Å². The molecule has 0 aliphatic carbocycles. The van der Waals surface area contributed by atoms with Gasteiger partial charge in [0.2, 0.25) is 0 Å². The summed E-state index contributed by atoms with van der Waals surface area (Å²) >= 11 is 6.17. The number of halogens is 2. The van der Waals surface area contributed by atoms with Crippen molar-refractivity contribution >= 4 is 95.1 Å². The number of hydrogen-bond donors (Lipinski definition) is 2. The van der Waals surface area contributed by atoms with Crippen molar-refractivity contribution in [2.24, 2.45) is 25.4 Å². The lowest BCUT2D eigenvalue weighted by atomic mass is 10.1. The molecule has 3 rings (SSSR count). The highest BCUT2D eigenvalue weighted by molar-refractivity contribution is 9.11. The summed E-state index contributed by atoms with van der Waals surface area (Å²) in [5, 5.41) is 81.4. The fourth-order valence-corrected chi connectivity index (χ4v) is 5.55. The standard InChI is InChI=1S/C30H32Br2N10O14/c1-53-18-33-29-23(34-35-27-21(31)14-19(39(45)46)16-25(27)41(49)50)2-3-24(38(4-8-54-10-6-43)5-9-55-12-13-56-11-7-44)30(29)37-36-28-22(32)15-20(40(47)48)17-26(28)42(51)52/h2-3,14-18,43-44H,4-13H2,1H3/b33-18?,35-34+,37-36+. The molecule has 0 aliphatic rings. The van der Waals surface area contributed by atoms with Crippen molar-refractivity contribution in [2.75, 3.05) is 78.0 Å². The highest BCUT2D eigenvalue weighted by Gasteiger charge is 2.26. The van der Waals surface area contributed by atoms with E-state index in [1.165, 1.54) is 19.2 Å². The number of aliphatic hydroxyl groups is 2. The zero-order valence-corrected chi connectivity index (χ0v) is 32.3. The van der Waals surface area contributed by atoms with Gasteiger partial charge in [-0.1, -0.05) is 0 Å². The number of benzene rings is 3. The van der Waals surface area contributed by atoms with Gasteiger partial charge in [-0.2, -0.15) is 0 Å². The SMILES string of the molecule is COC=Nc1c(/N=N/c2c(Br)cc([N+](=O)[O-])cc2[N+](=O)[O-])ccc(N(CCOCCO)CCOCCOCCO)c1/N=N/c1c(Br)cc([N+](=O)[O-])cc1[N+](=O)[O-]. The van der Waals surface area contributed by atoms with Crippen LogP contribution in [0.25, 0.3) is 0 Å². The minimum atomic E-state index is -0.886. The summed E-state index contributed by atoms with van der Waals surface area (Å²) in [4.78, 5) is 49.3. The molecule has 0 spiro atoms. The van der Waals surface area contributed by atoms with Gasteiger partial charge in [-0.3, -0.25) is 40.5 Å². The Bertz CT molecular complexity index is 1990. The molecular formula is C30H32Br2N10O14. The van der Waals surface area contributed by atoms with Crippen LogP contribution in [0.2, 0.25) is 0 Å². The Balaban J connectivity index is 2.30. The summed E-state index contributed by atoms with van der Waals surface area (Å²) in [6.45, 7) is 0.574. The first-order chi connectivity index (χ1) is 26.8. The maximum atomic E-state index is 12.0. The Morgan fingerprint density at radius 2 is 1.11 bits per heavy atom. The molecule has 0 heterocycles. The predicted molar refractivity (Wildman–Crippen MR) is 204 cm³/mol. The third-order valence-electron chi connectivity index (χ3n) is 6.97. The Morgan fingerprint density at radius 3 is 1.57 bits per heavy atom. The van der Waals surface area contributed by atoms with E-state index in [9.17, 15) is 45.6 Å². The average molecular weight is 916 g/mol. The van der Waals surface area contributed by atoms with Crippen LogP contribution in [0.1, 0.15) is 0 Å². The Morgan fingerprint density at radius 1 is 0.643 bits per heavy atom. The van der Waals surface area contributed by atoms with Crippen LogP contribution < -0.4 is 4.90 Å². The molecule has 0 bridgehead atoms. The molecule has 26 heteroatoms. The molecule has 0 atom stereocenters. The lowest BCUT2D eigenvalue weighted by molar-refractivity contribution is -0.394. The molecule has 0 fully saturated rings. The number of rotatable bonds is 24. The lowest BCUT2D eigenvalue weighted by Gasteiger charge is -2.26. The summed E-state index contributed by atoms with van der Waals surface area (Å²) < 4.78 is 21.1. The maximum absolute atomic E-state index is 12.0. The van der Waals surface area contributed by atoms with Crippen molar-refractivity contribution in [3.63, 3.8) is 0 Å². The Kier molecular flexibility index (Phi) is 18.2. The topological polar surface area (TPSA) is 315 Å². The van der Waals surface area contributed by atoms with Gasteiger partial charge in [0.15, 0.2) is 17.8 Å². The predicted octanol–water partition coefficient (Wildman–Crippen LogP) is 6.82. The highest BCUT2D eigenvalue weighted by Crippen LogP contribution is 2.48. The molecule has 0 aliphatic heterocycles. The molecule has 24 nitrogen and oxygen atoms in total. The third-order valence-corrected chi connectivity index (χ3v) is 8.18. The minimum absolute atomic E-state index is 0.0178. The number of anilines is 1. The summed E-state index contributed by atoms with van der Waals surface area (Å²) in [5.74, 6) is 0. The zero-order valence-electron chi connectivity index (χ0n) is 29.1. The first-order valence-electron chi connectivity index (χ1n) is 15.8. The molecule has 56 heavy (non-hydrogen) atoms. The van der Waals surface area contributed by atoms with E-state index in [1.807, 2.05) is 0 Å². The highest BCUT2D eigenvalue weighted by atomic mass is 79.9. The van der Waals surface area contributed by atoms with E-state index < -0.39 is 48.1 Å². The summed E-state index contributed by atoms with van der Waals surface area (Å²) in [5.41, 5.74) is -3.62. The van der Waals surface area contributed by atoms with E-state index in [4.69, 9.17) is 24.1 Å². The van der Waals surface area contributed by atoms with Gasteiger partial charge in [-0.15, -0.1) is 20.5 Å². The van der Waals surface area contributed by atoms with Crippen LogP contribution in [-0.4, -0.2) is 109 Å². The van der Waals surface area contributed by atoms with Crippen LogP contribution in [0.4, 0.5) is 56.9 Å². The average Bonchev–Trinajstić information content (AvgIpc) is 3.15. The first kappa shape index (κ1) is 44.9. The first-order valence-corrected chi connectivity index (χ1v) is 17.4. The van der Waals surface area contributed by atoms with Crippen LogP contribution in [-0.2, 0) is 18.9 Å². The Hall–Kier alpha value is -5.51. The summed E-state index contributed by atoms with van der Waals surface area (Å²) in [7, 11) is 1.27. The molecule has 3 aromatic rings. The number of methoxy groups -OCH3 is 1. The molecule has 0 aromatic heterocycles. The number of nitro groups is 4. The number of aliphatic hydroxyl groups excluding tert-OH is 2. The van der Waals surface area contributed by atoms with Gasteiger partial charge < -0.3 is 34.1 Å². The number of nitrogens with zero attached hydrogens (tertiary/aromatic N) is 10. The van der Waals surface area contributed by atoms with E-state index in [0.717, 1.165) is 18.5 Å². The normalized spacial score (nSPS) is 11.5. The maximum Gasteiger partial charge on any atom is 0.304 e. The van der Waals surface area contributed by atoms with Gasteiger partial charge in [0, 0.05) is 25.2 Å². The molecule has 300 valence electrons. The van der Waals surface area contributed by atoms with Crippen LogP contribution in [0.3, 0.4) is 0 Å². The van der Waals surface area contributed by atoms with Crippen LogP contribution in [0, 0.1) is 40.5 Å². The van der Waals surface area contributed by atoms with E-state index in [1.54, 1.807) is 4.90 Å². The summed E-state index contributed by atoms with van der Waals surface area (Å²) in [6.07, 6.45) is 0.982. The second-order valence-electron chi connectivity index (χ2n) is 10.6. The number of hydrogen-bond acceptors (Lipinski definition) is 20. The van der Waals surface area contributed by atoms with Gasteiger partial charge in [0.1, 0.15) is 17.1 Å². The van der Waals surface area contributed by atoms with Gasteiger partial charge in [0.05, 0.1) is 106 Å². The molecule has 0 amide bonds. The van der Waals surface area contributed by atoms with Gasteiger partial charge in [-0.05, 0) is 44.0 Å². The molecule has 0 saturated heterocycles. The van der Waals surface area contributed by atoms with Gasteiger partial charge in [-0.25, -0.2) is 4.99 Å². The number of nitro benzene ring substituents is 4. The minimum Gasteiger partial charge on any atom is -0.486 e. The van der Waals surface area contributed by atoms with Crippen LogP contribution in [0.5, 0.6) is 0 Å². The number of ether oxygens (including phenoxy) is 4. The second-order valence-corrected chi connectivity index (χ2v) is 12.3. The van der Waals surface area contributed by atoms with E-state index in [0.29, 0.717) is 12.1 Å². The largest absolute Gasteiger partial charge is 0.486 e. The number of non-ortho nitro benzene ring substituents is 2. The smallest absolute Gasteiger partial charge is 0.304 e. The quantitative estimate of drug-likeness (QED) is 0.0232. The number of azo groups is 2. The van der Waals surface area contributed by atoms with E-state index >= 15 is 0 Å². The lowest BCUT2D eigenvalue weighted by Crippen LogP contribution is -2.31. The van der Waals surface area contributed by atoms with Gasteiger partial charge in [0.25, 0.3) is 11.4 Å². The third kappa shape index (κ3) is 12.8. The number of aliphatic imine (C=N–C) groups is 1. The molecule has 0 radical (unpaired) electrons. The van der Waals surface area contributed by atoms with Crippen molar-refractivity contribution in [2.45, 2.75) is 0 Å². The summed E-state index contributed by atoms with van der Waals surface area (Å²) in [6, 6.07) is 6.30. The van der Waals surface area contributed by atoms with Crippen molar-refractivity contribution in [3.8, 4) is 0 Å². The van der Waals surface area contributed by atoms with Gasteiger partial charge >= 0.3 is 11.4 Å². The fraction of sp³-hybridized carbons (Fsp3) is 0.367. The van der Waals surface area contributed by atoms with Crippen molar-refractivity contribution in [3.05, 3.63) is 85.8 Å². The van der Waals surface area contributed by atoms with Crippen molar-refractivity contribution in [1.29, 1.82) is 0 Å². The zero-order chi connectivity index (χ0) is 41.2. The van der Waals surface area contributed by atoms with Crippen LogP contribution >= 0.6 is 31.9 Å². The molecular weight excluding hydrogens is 884 g/mol.